The van der Waals surface area contributed by atoms with Gasteiger partial charge >= 0.3 is 0 Å². The molecular weight excluding hydrogens is 432 g/mol. The molecule has 3 aromatic heterocycles. The Hall–Kier alpha value is -3.66. The largest absolute Gasteiger partial charge is 0.492 e. The van der Waals surface area contributed by atoms with E-state index in [1.165, 1.54) is 0 Å². The van der Waals surface area contributed by atoms with Crippen LogP contribution in [0.15, 0.2) is 42.9 Å². The maximum absolute atomic E-state index is 10.3. The van der Waals surface area contributed by atoms with Crippen LogP contribution < -0.4 is 15.4 Å². The molecule has 1 fully saturated rings. The van der Waals surface area contributed by atoms with E-state index in [2.05, 4.69) is 25.9 Å². The molecule has 0 radical (unpaired) electrons. The summed E-state index contributed by atoms with van der Waals surface area (Å²) >= 11 is 0. The summed E-state index contributed by atoms with van der Waals surface area (Å²) in [6.07, 6.45) is 6.90. The number of hydrogen-bond donors (Lipinski definition) is 3. The molecular formula is C24H30N8O2. The zero-order valence-corrected chi connectivity index (χ0v) is 19.7. The number of anilines is 3. The van der Waals surface area contributed by atoms with E-state index in [9.17, 15) is 5.11 Å². The summed E-state index contributed by atoms with van der Waals surface area (Å²) in [5.74, 6) is 2.67. The lowest BCUT2D eigenvalue weighted by Gasteiger charge is -2.33. The zero-order valence-electron chi connectivity index (χ0n) is 19.7. The Morgan fingerprint density at radius 1 is 1.24 bits per heavy atom. The van der Waals surface area contributed by atoms with E-state index in [0.717, 1.165) is 54.1 Å². The Morgan fingerprint density at radius 3 is 2.79 bits per heavy atom. The average Bonchev–Trinajstić information content (AvgIpc) is 3.45. The summed E-state index contributed by atoms with van der Waals surface area (Å²) in [5, 5.41) is 30.0. The van der Waals surface area contributed by atoms with Gasteiger partial charge in [0.1, 0.15) is 17.6 Å². The Balaban J connectivity index is 1.43. The number of aliphatic hydroxyl groups is 1. The summed E-state index contributed by atoms with van der Waals surface area (Å²) in [6.45, 7) is 4.38. The van der Waals surface area contributed by atoms with Crippen molar-refractivity contribution in [2.45, 2.75) is 51.2 Å². The lowest BCUT2D eigenvalue weighted by atomic mass is 9.84. The number of rotatable bonds is 7. The maximum atomic E-state index is 10.3. The first kappa shape index (κ1) is 22.1. The fourth-order valence-electron chi connectivity index (χ4n) is 4.38. The minimum absolute atomic E-state index is 0.256. The molecule has 0 bridgehead atoms. The fourth-order valence-corrected chi connectivity index (χ4v) is 4.38. The third-order valence-electron chi connectivity index (χ3n) is 6.29. The van der Waals surface area contributed by atoms with Gasteiger partial charge in [-0.05, 0) is 69.9 Å². The summed E-state index contributed by atoms with van der Waals surface area (Å²) in [7, 11) is 1.91. The van der Waals surface area contributed by atoms with Crippen LogP contribution in [0.3, 0.4) is 0 Å². The molecule has 1 saturated carbocycles. The van der Waals surface area contributed by atoms with Crippen molar-refractivity contribution in [1.82, 2.24) is 29.4 Å². The molecule has 10 heteroatoms. The van der Waals surface area contributed by atoms with E-state index in [1.807, 2.05) is 66.5 Å². The Bertz CT molecular complexity index is 1290. The molecule has 0 unspecified atom stereocenters. The number of nitrogens with zero attached hydrogens (tertiary/aromatic N) is 6. The van der Waals surface area contributed by atoms with Crippen LogP contribution in [0.1, 0.15) is 39.5 Å². The Kier molecular flexibility index (Phi) is 5.82. The van der Waals surface area contributed by atoms with Gasteiger partial charge in [0.05, 0.1) is 17.9 Å². The summed E-state index contributed by atoms with van der Waals surface area (Å²) in [4.78, 5) is 4.79. The van der Waals surface area contributed by atoms with Crippen molar-refractivity contribution < 1.29 is 9.84 Å². The second kappa shape index (κ2) is 8.94. The first-order valence-electron chi connectivity index (χ1n) is 11.6. The highest BCUT2D eigenvalue weighted by Crippen LogP contribution is 2.33. The molecule has 0 amide bonds. The molecule has 10 nitrogen and oxygen atoms in total. The van der Waals surface area contributed by atoms with Crippen LogP contribution in [0.5, 0.6) is 5.75 Å². The first-order valence-corrected chi connectivity index (χ1v) is 11.6. The van der Waals surface area contributed by atoms with Crippen molar-refractivity contribution in [2.24, 2.45) is 7.05 Å². The predicted molar refractivity (Wildman–Crippen MR) is 130 cm³/mol. The quantitative estimate of drug-likeness (QED) is 0.380. The first-order chi connectivity index (χ1) is 16.4. The molecule has 1 aromatic carbocycles. The zero-order chi connectivity index (χ0) is 23.7. The normalized spacial score (nSPS) is 20.4. The van der Waals surface area contributed by atoms with Crippen LogP contribution in [0.2, 0.25) is 0 Å². The van der Waals surface area contributed by atoms with Gasteiger partial charge in [0.15, 0.2) is 11.6 Å². The molecule has 0 saturated heterocycles. The fraction of sp³-hybridized carbons (Fsp3) is 0.417. The van der Waals surface area contributed by atoms with Crippen molar-refractivity contribution in [3.8, 4) is 17.1 Å². The van der Waals surface area contributed by atoms with Crippen molar-refractivity contribution in [3.63, 3.8) is 0 Å². The number of ether oxygens (including phenoxy) is 1. The average molecular weight is 463 g/mol. The Morgan fingerprint density at radius 2 is 2.06 bits per heavy atom. The summed E-state index contributed by atoms with van der Waals surface area (Å²) in [5.41, 5.74) is 2.00. The van der Waals surface area contributed by atoms with Crippen LogP contribution in [0, 0.1) is 0 Å². The number of aromatic nitrogens is 6. The van der Waals surface area contributed by atoms with Gasteiger partial charge in [-0.2, -0.15) is 4.98 Å². The van der Waals surface area contributed by atoms with Crippen LogP contribution >= 0.6 is 0 Å². The lowest BCUT2D eigenvalue weighted by molar-refractivity contribution is 0.0196. The molecule has 4 aromatic rings. The highest BCUT2D eigenvalue weighted by molar-refractivity contribution is 5.73. The van der Waals surface area contributed by atoms with Gasteiger partial charge in [0.2, 0.25) is 5.95 Å². The highest BCUT2D eigenvalue weighted by Gasteiger charge is 2.29. The molecule has 1 aliphatic rings. The van der Waals surface area contributed by atoms with Crippen LogP contribution in [0.25, 0.3) is 16.9 Å². The van der Waals surface area contributed by atoms with E-state index >= 15 is 0 Å². The number of benzene rings is 1. The smallest absolute Gasteiger partial charge is 0.247 e. The standard InChI is InChI=1S/C24H30N8O2/c1-4-34-20-14-16(22-29-25-15-31(22)3)7-8-18(20)27-23-28-21(19-6-5-13-32(19)30-23)26-17-9-11-24(2,33)12-10-17/h5-8,13-15,17,33H,4,9-12H2,1-3H3,(H2,26,27,28,30)/t17-,24-. The third-order valence-corrected chi connectivity index (χ3v) is 6.29. The number of aryl methyl sites for hydroxylation is 1. The van der Waals surface area contributed by atoms with Crippen molar-refractivity contribution in [3.05, 3.63) is 42.9 Å². The van der Waals surface area contributed by atoms with Crippen LogP contribution in [-0.4, -0.2) is 52.7 Å². The van der Waals surface area contributed by atoms with Crippen LogP contribution in [-0.2, 0) is 7.05 Å². The van der Waals surface area contributed by atoms with E-state index in [1.54, 1.807) is 6.33 Å². The minimum Gasteiger partial charge on any atom is -0.492 e. The third kappa shape index (κ3) is 4.54. The lowest BCUT2D eigenvalue weighted by Crippen LogP contribution is -2.36. The molecule has 0 spiro atoms. The summed E-state index contributed by atoms with van der Waals surface area (Å²) in [6, 6.07) is 10.0. The molecule has 0 atom stereocenters. The highest BCUT2D eigenvalue weighted by atomic mass is 16.5. The number of hydrogen-bond acceptors (Lipinski definition) is 8. The molecule has 34 heavy (non-hydrogen) atoms. The monoisotopic (exact) mass is 462 g/mol. The molecule has 3 heterocycles. The van der Waals surface area contributed by atoms with Crippen LogP contribution in [0.4, 0.5) is 17.5 Å². The van der Waals surface area contributed by atoms with Gasteiger partial charge in [-0.1, -0.05) is 0 Å². The van der Waals surface area contributed by atoms with Gasteiger partial charge in [-0.3, -0.25) is 0 Å². The number of fused-ring (bicyclic) bond motifs is 1. The maximum Gasteiger partial charge on any atom is 0.247 e. The van der Waals surface area contributed by atoms with E-state index in [4.69, 9.17) is 9.72 Å². The second-order valence-corrected chi connectivity index (χ2v) is 9.07. The van der Waals surface area contributed by atoms with Gasteiger partial charge in [0, 0.05) is 24.8 Å². The van der Waals surface area contributed by atoms with E-state index in [0.29, 0.717) is 18.3 Å². The number of nitrogens with one attached hydrogen (secondary N) is 2. The Labute approximate surface area is 198 Å². The molecule has 0 aliphatic heterocycles. The molecule has 178 valence electrons. The van der Waals surface area contributed by atoms with Gasteiger partial charge in [-0.25, -0.2) is 4.52 Å². The SMILES string of the molecule is CCOc1cc(-c2nncn2C)ccc1Nc1nc(N[C@H]2CC[C@](C)(O)CC2)c2cccn2n1. The molecule has 1 aliphatic carbocycles. The second-order valence-electron chi connectivity index (χ2n) is 9.07. The minimum atomic E-state index is -0.576. The summed E-state index contributed by atoms with van der Waals surface area (Å²) < 4.78 is 9.59. The van der Waals surface area contributed by atoms with Crippen molar-refractivity contribution in [2.75, 3.05) is 17.2 Å². The molecule has 3 N–H and O–H groups in total. The van der Waals surface area contributed by atoms with E-state index < -0.39 is 5.60 Å². The van der Waals surface area contributed by atoms with Crippen molar-refractivity contribution >= 4 is 23.0 Å². The predicted octanol–water partition coefficient (Wildman–Crippen LogP) is 3.77. The van der Waals surface area contributed by atoms with Crippen molar-refractivity contribution in [1.29, 1.82) is 0 Å². The van der Waals surface area contributed by atoms with Gasteiger partial charge in [-0.15, -0.1) is 15.3 Å². The van der Waals surface area contributed by atoms with E-state index in [-0.39, 0.29) is 6.04 Å². The van der Waals surface area contributed by atoms with Gasteiger partial charge in [0.25, 0.3) is 0 Å². The topological polar surface area (TPSA) is 114 Å². The van der Waals surface area contributed by atoms with Gasteiger partial charge < -0.3 is 25.0 Å². The molecule has 5 rings (SSSR count).